The molecule has 1 aromatic carbocycles. The number of benzene rings is 1. The molecule has 2 saturated heterocycles. The van der Waals surface area contributed by atoms with E-state index in [-0.39, 0.29) is 17.2 Å². The first-order valence-corrected chi connectivity index (χ1v) is 10.3. The van der Waals surface area contributed by atoms with Gasteiger partial charge < -0.3 is 15.0 Å². The molecule has 0 aromatic heterocycles. The number of piperidine rings is 1. The molecule has 2 fully saturated rings. The van der Waals surface area contributed by atoms with Crippen LogP contribution >= 0.6 is 0 Å². The molecule has 0 bridgehead atoms. The number of carbonyl (C=O) groups is 2. The number of carbonyl (C=O) groups excluding carboxylic acids is 2. The van der Waals surface area contributed by atoms with Crippen LogP contribution in [-0.4, -0.2) is 50.1 Å². The summed E-state index contributed by atoms with van der Waals surface area (Å²) < 4.78 is 5.50. The lowest BCUT2D eigenvalue weighted by Crippen LogP contribution is -2.45. The van der Waals surface area contributed by atoms with Crippen molar-refractivity contribution < 1.29 is 14.3 Å². The lowest BCUT2D eigenvalue weighted by molar-refractivity contribution is -0.136. The quantitative estimate of drug-likeness (QED) is 0.794. The summed E-state index contributed by atoms with van der Waals surface area (Å²) in [6.45, 7) is 8.39. The molecule has 5 heteroatoms. The van der Waals surface area contributed by atoms with E-state index in [1.807, 2.05) is 4.90 Å². The van der Waals surface area contributed by atoms with E-state index in [1.54, 1.807) is 14.0 Å². The van der Waals surface area contributed by atoms with Crippen molar-refractivity contribution in [3.8, 4) is 0 Å². The van der Waals surface area contributed by atoms with Gasteiger partial charge in [0.05, 0.1) is 5.41 Å². The van der Waals surface area contributed by atoms with Crippen LogP contribution in [0.15, 0.2) is 36.4 Å². The molecule has 1 atom stereocenters. The highest BCUT2D eigenvalue weighted by Crippen LogP contribution is 2.36. The highest BCUT2D eigenvalue weighted by atomic mass is 16.5. The predicted molar refractivity (Wildman–Crippen MR) is 110 cm³/mol. The standard InChI is InChI=1S/C23H32N2O3/c1-17(2)21(26)25-11-5-8-20(16-25)19-7-4-6-18(14-19)15-23(22(27)24-3)9-12-28-13-10-23/h4,6-7,14,20H,1,5,8-13,15-16H2,2-3H3,(H,24,27). The van der Waals surface area contributed by atoms with Crippen molar-refractivity contribution in [3.05, 3.63) is 47.5 Å². The Morgan fingerprint density at radius 3 is 2.75 bits per heavy atom. The molecule has 2 aliphatic rings. The summed E-state index contributed by atoms with van der Waals surface area (Å²) in [7, 11) is 1.71. The van der Waals surface area contributed by atoms with E-state index < -0.39 is 0 Å². The van der Waals surface area contributed by atoms with Gasteiger partial charge in [-0.25, -0.2) is 0 Å². The van der Waals surface area contributed by atoms with E-state index in [0.717, 1.165) is 45.2 Å². The molecular formula is C23H32N2O3. The smallest absolute Gasteiger partial charge is 0.248 e. The Kier molecular flexibility index (Phi) is 6.55. The van der Waals surface area contributed by atoms with Gasteiger partial charge in [-0.15, -0.1) is 0 Å². The average Bonchev–Trinajstić information content (AvgIpc) is 2.73. The second-order valence-corrected chi connectivity index (χ2v) is 8.26. The van der Waals surface area contributed by atoms with Gasteiger partial charge in [0, 0.05) is 44.8 Å². The highest BCUT2D eigenvalue weighted by Gasteiger charge is 2.39. The number of nitrogens with one attached hydrogen (secondary N) is 1. The minimum absolute atomic E-state index is 0.0571. The largest absolute Gasteiger partial charge is 0.381 e. The van der Waals surface area contributed by atoms with Crippen molar-refractivity contribution in [2.45, 2.75) is 44.9 Å². The first-order chi connectivity index (χ1) is 13.4. The van der Waals surface area contributed by atoms with Gasteiger partial charge in [0.2, 0.25) is 11.8 Å². The lowest BCUT2D eigenvalue weighted by atomic mass is 9.74. The minimum atomic E-state index is -0.389. The first-order valence-electron chi connectivity index (χ1n) is 10.3. The maximum absolute atomic E-state index is 12.6. The summed E-state index contributed by atoms with van der Waals surface area (Å²) in [4.78, 5) is 26.9. The van der Waals surface area contributed by atoms with E-state index in [4.69, 9.17) is 4.74 Å². The summed E-state index contributed by atoms with van der Waals surface area (Å²) in [6.07, 6.45) is 4.32. The van der Waals surface area contributed by atoms with E-state index in [0.29, 0.717) is 24.7 Å². The number of amides is 2. The maximum Gasteiger partial charge on any atom is 0.248 e. The molecule has 0 radical (unpaired) electrons. The predicted octanol–water partition coefficient (Wildman–Crippen LogP) is 3.05. The summed E-state index contributed by atoms with van der Waals surface area (Å²) in [6, 6.07) is 8.59. The molecule has 28 heavy (non-hydrogen) atoms. The summed E-state index contributed by atoms with van der Waals surface area (Å²) in [5.74, 6) is 0.501. The van der Waals surface area contributed by atoms with Crippen molar-refractivity contribution in [3.63, 3.8) is 0 Å². The Balaban J connectivity index is 1.77. The molecular weight excluding hydrogens is 352 g/mol. The molecule has 2 amide bonds. The fraction of sp³-hybridized carbons (Fsp3) is 0.565. The van der Waals surface area contributed by atoms with E-state index in [2.05, 4.69) is 36.2 Å². The summed E-state index contributed by atoms with van der Waals surface area (Å²) >= 11 is 0. The summed E-state index contributed by atoms with van der Waals surface area (Å²) in [5, 5.41) is 2.86. The molecule has 0 saturated carbocycles. The third-order valence-corrected chi connectivity index (χ3v) is 6.20. The second-order valence-electron chi connectivity index (χ2n) is 8.26. The molecule has 5 nitrogen and oxygen atoms in total. The average molecular weight is 385 g/mol. The van der Waals surface area contributed by atoms with Gasteiger partial charge in [-0.2, -0.15) is 0 Å². The highest BCUT2D eigenvalue weighted by molar-refractivity contribution is 5.92. The van der Waals surface area contributed by atoms with Crippen LogP contribution in [0.5, 0.6) is 0 Å². The van der Waals surface area contributed by atoms with E-state index in [9.17, 15) is 9.59 Å². The van der Waals surface area contributed by atoms with Crippen molar-refractivity contribution in [2.24, 2.45) is 5.41 Å². The fourth-order valence-electron chi connectivity index (χ4n) is 4.56. The first kappa shape index (κ1) is 20.6. The normalized spacial score (nSPS) is 21.8. The Bertz CT molecular complexity index is 737. The molecule has 1 N–H and O–H groups in total. The molecule has 1 aromatic rings. The Labute approximate surface area is 168 Å². The van der Waals surface area contributed by atoms with Crippen molar-refractivity contribution in [1.82, 2.24) is 10.2 Å². The Morgan fingerprint density at radius 1 is 1.32 bits per heavy atom. The van der Waals surface area contributed by atoms with Gasteiger partial charge in [-0.05, 0) is 50.2 Å². The van der Waals surface area contributed by atoms with E-state index in [1.165, 1.54) is 11.1 Å². The number of rotatable bonds is 5. The van der Waals surface area contributed by atoms with Crippen LogP contribution in [0.4, 0.5) is 0 Å². The molecule has 0 aliphatic carbocycles. The molecule has 1 unspecified atom stereocenters. The molecule has 2 aliphatic heterocycles. The van der Waals surface area contributed by atoms with Gasteiger partial charge in [0.1, 0.15) is 0 Å². The van der Waals surface area contributed by atoms with Gasteiger partial charge in [0.25, 0.3) is 0 Å². The monoisotopic (exact) mass is 384 g/mol. The maximum atomic E-state index is 12.6. The van der Waals surface area contributed by atoms with Crippen molar-refractivity contribution in [1.29, 1.82) is 0 Å². The zero-order chi connectivity index (χ0) is 20.1. The van der Waals surface area contributed by atoms with E-state index >= 15 is 0 Å². The van der Waals surface area contributed by atoms with Gasteiger partial charge >= 0.3 is 0 Å². The summed E-state index contributed by atoms with van der Waals surface area (Å²) in [5.41, 5.74) is 2.66. The number of ether oxygens (including phenoxy) is 1. The fourth-order valence-corrected chi connectivity index (χ4v) is 4.56. The SMILES string of the molecule is C=C(C)C(=O)N1CCCC(c2cccc(CC3(C(=O)NC)CCOCC3)c2)C1. The van der Waals surface area contributed by atoms with Crippen molar-refractivity contribution in [2.75, 3.05) is 33.4 Å². The van der Waals surface area contributed by atoms with Crippen molar-refractivity contribution >= 4 is 11.8 Å². The second kappa shape index (κ2) is 8.91. The number of likely N-dealkylation sites (tertiary alicyclic amines) is 1. The van der Waals surface area contributed by atoms with Crippen LogP contribution in [0.3, 0.4) is 0 Å². The van der Waals surface area contributed by atoms with Gasteiger partial charge in [0.15, 0.2) is 0 Å². The minimum Gasteiger partial charge on any atom is -0.381 e. The molecule has 3 rings (SSSR count). The molecule has 2 heterocycles. The zero-order valence-electron chi connectivity index (χ0n) is 17.1. The van der Waals surface area contributed by atoms with Crippen LogP contribution in [0.25, 0.3) is 0 Å². The van der Waals surface area contributed by atoms with Crippen LogP contribution in [0.1, 0.15) is 49.7 Å². The number of nitrogens with zero attached hydrogens (tertiary/aromatic N) is 1. The van der Waals surface area contributed by atoms with Crippen LogP contribution in [0.2, 0.25) is 0 Å². The van der Waals surface area contributed by atoms with Crippen LogP contribution < -0.4 is 5.32 Å². The molecule has 0 spiro atoms. The lowest BCUT2D eigenvalue weighted by Gasteiger charge is -2.36. The third kappa shape index (κ3) is 4.46. The number of hydrogen-bond donors (Lipinski definition) is 1. The Hall–Kier alpha value is -2.14. The van der Waals surface area contributed by atoms with Crippen LogP contribution in [-0.2, 0) is 20.7 Å². The molecule has 152 valence electrons. The topological polar surface area (TPSA) is 58.6 Å². The number of hydrogen-bond acceptors (Lipinski definition) is 3. The van der Waals surface area contributed by atoms with Gasteiger partial charge in [-0.1, -0.05) is 30.8 Å². The van der Waals surface area contributed by atoms with Gasteiger partial charge in [-0.3, -0.25) is 9.59 Å². The Morgan fingerprint density at radius 2 is 2.07 bits per heavy atom. The zero-order valence-corrected chi connectivity index (χ0v) is 17.1. The van der Waals surface area contributed by atoms with Crippen LogP contribution in [0, 0.1) is 5.41 Å². The third-order valence-electron chi connectivity index (χ3n) is 6.20.